The number of imidazole rings is 1. The summed E-state index contributed by atoms with van der Waals surface area (Å²) in [6.07, 6.45) is 6.01. The van der Waals surface area contributed by atoms with Gasteiger partial charge in [0.25, 0.3) is 0 Å². The molecule has 2 rings (SSSR count). The minimum atomic E-state index is 0.0242. The van der Waals surface area contributed by atoms with E-state index in [1.807, 2.05) is 0 Å². The van der Waals surface area contributed by atoms with Gasteiger partial charge in [0.2, 0.25) is 0 Å². The van der Waals surface area contributed by atoms with Gasteiger partial charge >= 0.3 is 5.69 Å². The molecule has 4 nitrogen and oxygen atoms in total. The fourth-order valence-corrected chi connectivity index (χ4v) is 1.55. The quantitative estimate of drug-likeness (QED) is 0.709. The number of aryl methyl sites for hydroxylation is 1. The van der Waals surface area contributed by atoms with E-state index < -0.39 is 0 Å². The Morgan fingerprint density at radius 2 is 2.31 bits per heavy atom. The summed E-state index contributed by atoms with van der Waals surface area (Å²) < 4.78 is 3.25. The standard InChI is InChI=1S/C9H15N3O/c1-11-4-5-12(9(11)13)6-8(10)7-2-3-7/h4-5,7-8H,2-3,6,10H2,1H3. The van der Waals surface area contributed by atoms with Crippen molar-refractivity contribution in [2.75, 3.05) is 0 Å². The molecule has 0 saturated heterocycles. The first kappa shape index (κ1) is 8.56. The van der Waals surface area contributed by atoms with Gasteiger partial charge in [0.1, 0.15) is 0 Å². The Bertz CT molecular complexity index is 348. The van der Waals surface area contributed by atoms with Crippen molar-refractivity contribution < 1.29 is 0 Å². The topological polar surface area (TPSA) is 52.9 Å². The van der Waals surface area contributed by atoms with Crippen molar-refractivity contribution in [1.29, 1.82) is 0 Å². The van der Waals surface area contributed by atoms with Crippen LogP contribution in [0.3, 0.4) is 0 Å². The highest BCUT2D eigenvalue weighted by molar-refractivity contribution is 4.87. The van der Waals surface area contributed by atoms with Crippen molar-refractivity contribution in [3.05, 3.63) is 22.9 Å². The Balaban J connectivity index is 2.08. The van der Waals surface area contributed by atoms with E-state index in [0.717, 1.165) is 0 Å². The van der Waals surface area contributed by atoms with E-state index in [4.69, 9.17) is 5.73 Å². The largest absolute Gasteiger partial charge is 0.327 e. The molecule has 1 fully saturated rings. The number of hydrogen-bond donors (Lipinski definition) is 1. The van der Waals surface area contributed by atoms with Crippen LogP contribution in [0.25, 0.3) is 0 Å². The summed E-state index contributed by atoms with van der Waals surface area (Å²) in [7, 11) is 1.75. The zero-order valence-electron chi connectivity index (χ0n) is 7.81. The molecule has 0 radical (unpaired) electrons. The molecular weight excluding hydrogens is 166 g/mol. The fourth-order valence-electron chi connectivity index (χ4n) is 1.55. The average molecular weight is 181 g/mol. The molecule has 4 heteroatoms. The van der Waals surface area contributed by atoms with Gasteiger partial charge in [-0.1, -0.05) is 0 Å². The van der Waals surface area contributed by atoms with Crippen LogP contribution in [-0.2, 0) is 13.6 Å². The summed E-state index contributed by atoms with van der Waals surface area (Å²) in [6, 6.07) is 0.153. The Kier molecular flexibility index (Phi) is 2.00. The highest BCUT2D eigenvalue weighted by atomic mass is 16.1. The Labute approximate surface area is 77.0 Å². The van der Waals surface area contributed by atoms with Crippen LogP contribution < -0.4 is 11.4 Å². The van der Waals surface area contributed by atoms with Crippen molar-refractivity contribution >= 4 is 0 Å². The third-order valence-corrected chi connectivity index (χ3v) is 2.65. The molecule has 1 saturated carbocycles. The van der Waals surface area contributed by atoms with Crippen LogP contribution in [0.15, 0.2) is 17.2 Å². The van der Waals surface area contributed by atoms with Gasteiger partial charge in [-0.05, 0) is 18.8 Å². The lowest BCUT2D eigenvalue weighted by molar-refractivity contribution is 0.490. The lowest BCUT2D eigenvalue weighted by atomic mass is 10.2. The molecule has 0 amide bonds. The summed E-state index contributed by atoms with van der Waals surface area (Å²) in [4.78, 5) is 11.4. The molecule has 13 heavy (non-hydrogen) atoms. The van der Waals surface area contributed by atoms with E-state index >= 15 is 0 Å². The SMILES string of the molecule is Cn1ccn(CC(N)C2CC2)c1=O. The zero-order valence-corrected chi connectivity index (χ0v) is 7.81. The maximum absolute atomic E-state index is 11.4. The van der Waals surface area contributed by atoms with Gasteiger partial charge in [-0.3, -0.25) is 4.57 Å². The molecule has 1 atom stereocenters. The van der Waals surface area contributed by atoms with Crippen molar-refractivity contribution in [1.82, 2.24) is 9.13 Å². The first-order valence-electron chi connectivity index (χ1n) is 4.66. The van der Waals surface area contributed by atoms with E-state index in [2.05, 4.69) is 0 Å². The van der Waals surface area contributed by atoms with Gasteiger partial charge in [-0.2, -0.15) is 0 Å². The van der Waals surface area contributed by atoms with Gasteiger partial charge in [0, 0.05) is 32.0 Å². The fraction of sp³-hybridized carbons (Fsp3) is 0.667. The van der Waals surface area contributed by atoms with Crippen molar-refractivity contribution in [2.24, 2.45) is 18.7 Å². The van der Waals surface area contributed by atoms with Gasteiger partial charge in [-0.15, -0.1) is 0 Å². The molecule has 2 N–H and O–H groups in total. The van der Waals surface area contributed by atoms with E-state index in [9.17, 15) is 4.79 Å². The van der Waals surface area contributed by atoms with Crippen LogP contribution >= 0.6 is 0 Å². The van der Waals surface area contributed by atoms with Gasteiger partial charge in [0.15, 0.2) is 0 Å². The summed E-state index contributed by atoms with van der Waals surface area (Å²) >= 11 is 0. The molecule has 1 aromatic rings. The van der Waals surface area contributed by atoms with E-state index in [1.165, 1.54) is 12.8 Å². The van der Waals surface area contributed by atoms with Crippen LogP contribution in [0.5, 0.6) is 0 Å². The molecule has 1 unspecified atom stereocenters. The summed E-state index contributed by atoms with van der Waals surface area (Å²) in [6.45, 7) is 0.657. The molecule has 0 aliphatic heterocycles. The molecule has 0 spiro atoms. The maximum Gasteiger partial charge on any atom is 0.327 e. The normalized spacial score (nSPS) is 18.9. The summed E-state index contributed by atoms with van der Waals surface area (Å²) in [5.41, 5.74) is 5.94. The zero-order chi connectivity index (χ0) is 9.42. The minimum absolute atomic E-state index is 0.0242. The molecule has 1 aliphatic carbocycles. The summed E-state index contributed by atoms with van der Waals surface area (Å²) in [5, 5.41) is 0. The second-order valence-electron chi connectivity index (χ2n) is 3.85. The third kappa shape index (κ3) is 1.67. The number of rotatable bonds is 3. The monoisotopic (exact) mass is 181 g/mol. The van der Waals surface area contributed by atoms with Crippen molar-refractivity contribution in [3.8, 4) is 0 Å². The van der Waals surface area contributed by atoms with Gasteiger partial charge in [0.05, 0.1) is 0 Å². The van der Waals surface area contributed by atoms with E-state index in [-0.39, 0.29) is 11.7 Å². The van der Waals surface area contributed by atoms with E-state index in [0.29, 0.717) is 12.5 Å². The van der Waals surface area contributed by atoms with Crippen LogP contribution in [0, 0.1) is 5.92 Å². The minimum Gasteiger partial charge on any atom is -0.326 e. The van der Waals surface area contributed by atoms with Gasteiger partial charge < -0.3 is 10.3 Å². The second-order valence-corrected chi connectivity index (χ2v) is 3.85. The number of nitrogens with two attached hydrogens (primary N) is 1. The number of hydrogen-bond acceptors (Lipinski definition) is 2. The molecule has 0 aromatic carbocycles. The smallest absolute Gasteiger partial charge is 0.326 e. The van der Waals surface area contributed by atoms with Crippen LogP contribution in [0.4, 0.5) is 0 Å². The van der Waals surface area contributed by atoms with Crippen LogP contribution in [-0.4, -0.2) is 15.2 Å². The first-order valence-corrected chi connectivity index (χ1v) is 4.66. The number of nitrogens with zero attached hydrogens (tertiary/aromatic N) is 2. The Morgan fingerprint density at radius 3 is 2.77 bits per heavy atom. The van der Waals surface area contributed by atoms with E-state index in [1.54, 1.807) is 28.6 Å². The molecule has 1 aromatic heterocycles. The predicted molar refractivity (Wildman–Crippen MR) is 50.4 cm³/mol. The lowest BCUT2D eigenvalue weighted by Crippen LogP contribution is -2.33. The van der Waals surface area contributed by atoms with Crippen LogP contribution in [0.1, 0.15) is 12.8 Å². The average Bonchev–Trinajstić information content (AvgIpc) is 2.89. The van der Waals surface area contributed by atoms with Crippen molar-refractivity contribution in [3.63, 3.8) is 0 Å². The lowest BCUT2D eigenvalue weighted by Gasteiger charge is -2.09. The summed E-state index contributed by atoms with van der Waals surface area (Å²) in [5.74, 6) is 0.645. The highest BCUT2D eigenvalue weighted by Gasteiger charge is 2.28. The predicted octanol–water partition coefficient (Wildman–Crippen LogP) is -0.0759. The first-order chi connectivity index (χ1) is 6.18. The third-order valence-electron chi connectivity index (χ3n) is 2.65. The second kappa shape index (κ2) is 3.03. The molecule has 0 bridgehead atoms. The molecule has 72 valence electrons. The number of aromatic nitrogens is 2. The maximum atomic E-state index is 11.4. The highest BCUT2D eigenvalue weighted by Crippen LogP contribution is 2.31. The van der Waals surface area contributed by atoms with Crippen LogP contribution in [0.2, 0.25) is 0 Å². The van der Waals surface area contributed by atoms with Gasteiger partial charge in [-0.25, -0.2) is 4.79 Å². The molecule has 1 aliphatic rings. The van der Waals surface area contributed by atoms with Crippen molar-refractivity contribution in [2.45, 2.75) is 25.4 Å². The Morgan fingerprint density at radius 1 is 1.62 bits per heavy atom. The Hall–Kier alpha value is -1.03. The molecular formula is C9H15N3O. The molecule has 1 heterocycles.